The van der Waals surface area contributed by atoms with Crippen molar-refractivity contribution in [3.05, 3.63) is 35.4 Å². The van der Waals surface area contributed by atoms with Gasteiger partial charge >= 0.3 is 6.98 Å². The van der Waals surface area contributed by atoms with Gasteiger partial charge in [0, 0.05) is 0 Å². The number of hydrogen-bond donors (Lipinski definition) is 1. The topological polar surface area (TPSA) is 20.2 Å². The fourth-order valence-corrected chi connectivity index (χ4v) is 1.16. The van der Waals surface area contributed by atoms with Crippen molar-refractivity contribution in [3.63, 3.8) is 0 Å². The smallest absolute Gasteiger partial charge is 0.449 e. The monoisotopic (exact) mass is 189 g/mol. The molecule has 0 radical (unpaired) electrons. The Morgan fingerprint density at radius 2 is 1.62 bits per heavy atom. The molecule has 1 aromatic carbocycles. The van der Waals surface area contributed by atoms with E-state index in [2.05, 4.69) is 0 Å². The van der Waals surface area contributed by atoms with Crippen LogP contribution in [0, 0.1) is 0 Å². The average Bonchev–Trinajstić information content (AvgIpc) is 2.02. The predicted molar refractivity (Wildman–Crippen MR) is 45.1 cm³/mol. The summed E-state index contributed by atoms with van der Waals surface area (Å²) in [7, 11) is 0. The first-order chi connectivity index (χ1) is 6.03. The molecule has 0 unspecified atom stereocenters. The fourth-order valence-electron chi connectivity index (χ4n) is 1.16. The van der Waals surface area contributed by atoms with Gasteiger partial charge in [-0.1, -0.05) is 36.1 Å². The fraction of sp³-hybridized carbons (Fsp3) is 0.250. The maximum absolute atomic E-state index is 12.0. The molecule has 1 rings (SSSR count). The van der Waals surface area contributed by atoms with Gasteiger partial charge in [0.05, 0.1) is 6.61 Å². The number of hydrogen-bond acceptors (Lipinski definition) is 1. The molecule has 0 aromatic heterocycles. The Morgan fingerprint density at radius 1 is 1.08 bits per heavy atom. The minimum atomic E-state index is -4.82. The first kappa shape index (κ1) is 10.1. The zero-order valence-electron chi connectivity index (χ0n) is 6.88. The average molecular weight is 189 g/mol. The largest absolute Gasteiger partial charge is 0.482 e. The first-order valence-corrected chi connectivity index (χ1v) is 3.91. The molecule has 1 aromatic rings. The minimum absolute atomic E-state index is 0.164. The summed E-state index contributed by atoms with van der Waals surface area (Å²) in [6.07, 6.45) is -0.920. The molecule has 0 heterocycles. The van der Waals surface area contributed by atoms with Crippen LogP contribution in [0.3, 0.4) is 0 Å². The van der Waals surface area contributed by atoms with E-state index in [1.165, 1.54) is 18.2 Å². The summed E-state index contributed by atoms with van der Waals surface area (Å²) in [5.41, 5.74) is 0.513. The molecule has 0 atom stereocenters. The lowest BCUT2D eigenvalue weighted by atomic mass is 9.80. The zero-order chi connectivity index (χ0) is 9.90. The molecule has 0 amide bonds. The van der Waals surface area contributed by atoms with Gasteiger partial charge < -0.3 is 18.1 Å². The normalized spacial score (nSPS) is 11.7. The number of aliphatic hydroxyl groups is 1. The molecular weight excluding hydrogens is 180 g/mol. The summed E-state index contributed by atoms with van der Waals surface area (Å²) in [6.45, 7) is -5.16. The highest BCUT2D eigenvalue weighted by Crippen LogP contribution is 2.19. The van der Waals surface area contributed by atoms with E-state index in [1.54, 1.807) is 6.07 Å². The Morgan fingerprint density at radius 3 is 2.08 bits per heavy atom. The zero-order valence-corrected chi connectivity index (χ0v) is 6.88. The van der Waals surface area contributed by atoms with Gasteiger partial charge in [0.25, 0.3) is 0 Å². The SMILES string of the molecule is OCc1ccccc1C[B-](F)(F)F. The lowest BCUT2D eigenvalue weighted by Gasteiger charge is -2.15. The van der Waals surface area contributed by atoms with E-state index in [-0.39, 0.29) is 12.2 Å². The number of benzene rings is 1. The lowest BCUT2D eigenvalue weighted by Crippen LogP contribution is -2.20. The Hall–Kier alpha value is -0.965. The van der Waals surface area contributed by atoms with Crippen molar-refractivity contribution in [1.29, 1.82) is 0 Å². The Kier molecular flexibility index (Phi) is 2.98. The van der Waals surface area contributed by atoms with Crippen molar-refractivity contribution in [2.45, 2.75) is 12.9 Å². The standard InChI is InChI=1S/C8H9BF3O/c10-9(11,12)5-7-3-1-2-4-8(7)6-13/h1-4,13H,5-6H2/q-1. The molecule has 1 N–H and O–H groups in total. The number of halogens is 3. The summed E-state index contributed by atoms with van der Waals surface area (Å²) in [4.78, 5) is 0. The molecule has 0 saturated carbocycles. The van der Waals surface area contributed by atoms with Gasteiger partial charge in [0.15, 0.2) is 0 Å². The third-order valence-corrected chi connectivity index (χ3v) is 1.74. The van der Waals surface area contributed by atoms with Gasteiger partial charge in [0.2, 0.25) is 0 Å². The van der Waals surface area contributed by atoms with Crippen LogP contribution in [0.25, 0.3) is 0 Å². The molecule has 72 valence electrons. The maximum Gasteiger partial charge on any atom is 0.482 e. The van der Waals surface area contributed by atoms with E-state index in [0.29, 0.717) is 5.56 Å². The molecule has 0 bridgehead atoms. The molecule has 0 aliphatic heterocycles. The lowest BCUT2D eigenvalue weighted by molar-refractivity contribution is 0.280. The highest BCUT2D eigenvalue weighted by Gasteiger charge is 2.23. The van der Waals surface area contributed by atoms with Crippen molar-refractivity contribution in [1.82, 2.24) is 0 Å². The predicted octanol–water partition coefficient (Wildman–Crippen LogP) is 2.11. The van der Waals surface area contributed by atoms with Crippen molar-refractivity contribution < 1.29 is 18.1 Å². The van der Waals surface area contributed by atoms with Gasteiger partial charge in [-0.15, -0.1) is 0 Å². The highest BCUT2D eigenvalue weighted by atomic mass is 19.4. The molecule has 13 heavy (non-hydrogen) atoms. The van der Waals surface area contributed by atoms with Crippen molar-refractivity contribution >= 4 is 6.98 Å². The van der Waals surface area contributed by atoms with E-state index in [4.69, 9.17) is 5.11 Å². The molecular formula is C8H9BF3O-. The second-order valence-corrected chi connectivity index (χ2v) is 2.84. The molecule has 0 aliphatic carbocycles. The van der Waals surface area contributed by atoms with Crippen LogP contribution in [-0.2, 0) is 12.9 Å². The number of aliphatic hydroxyl groups excluding tert-OH is 1. The highest BCUT2D eigenvalue weighted by molar-refractivity contribution is 6.57. The molecule has 1 nitrogen and oxygen atoms in total. The summed E-state index contributed by atoms with van der Waals surface area (Å²) in [6, 6.07) is 6.03. The Labute approximate surface area is 74.3 Å². The molecule has 0 fully saturated rings. The second kappa shape index (κ2) is 3.83. The Bertz CT molecular complexity index is 285. The maximum atomic E-state index is 12.0. The van der Waals surface area contributed by atoms with Gasteiger partial charge in [-0.05, 0) is 5.56 Å². The summed E-state index contributed by atoms with van der Waals surface area (Å²) < 4.78 is 36.1. The van der Waals surface area contributed by atoms with Crippen LogP contribution in [0.1, 0.15) is 11.1 Å². The van der Waals surface area contributed by atoms with Gasteiger partial charge in [0.1, 0.15) is 0 Å². The van der Waals surface area contributed by atoms with E-state index in [9.17, 15) is 12.9 Å². The van der Waals surface area contributed by atoms with Crippen LogP contribution < -0.4 is 0 Å². The Balaban J connectivity index is 2.87. The van der Waals surface area contributed by atoms with E-state index >= 15 is 0 Å². The van der Waals surface area contributed by atoms with Gasteiger partial charge in [-0.25, -0.2) is 0 Å². The van der Waals surface area contributed by atoms with Crippen molar-refractivity contribution in [2.24, 2.45) is 0 Å². The first-order valence-electron chi connectivity index (χ1n) is 3.91. The van der Waals surface area contributed by atoms with Crippen LogP contribution in [0.4, 0.5) is 12.9 Å². The molecule has 0 saturated heterocycles. The van der Waals surface area contributed by atoms with Crippen LogP contribution in [-0.4, -0.2) is 12.1 Å². The molecule has 5 heteroatoms. The van der Waals surface area contributed by atoms with Crippen molar-refractivity contribution in [3.8, 4) is 0 Å². The van der Waals surface area contributed by atoms with E-state index in [0.717, 1.165) is 0 Å². The van der Waals surface area contributed by atoms with Crippen LogP contribution in [0.2, 0.25) is 0 Å². The van der Waals surface area contributed by atoms with Crippen LogP contribution in [0.5, 0.6) is 0 Å². The third kappa shape index (κ3) is 3.10. The van der Waals surface area contributed by atoms with Crippen LogP contribution >= 0.6 is 0 Å². The third-order valence-electron chi connectivity index (χ3n) is 1.74. The number of rotatable bonds is 3. The van der Waals surface area contributed by atoms with E-state index in [1.807, 2.05) is 0 Å². The minimum Gasteiger partial charge on any atom is -0.449 e. The quantitative estimate of drug-likeness (QED) is 0.721. The molecule has 0 aliphatic rings. The van der Waals surface area contributed by atoms with Gasteiger partial charge in [-0.3, -0.25) is 0 Å². The summed E-state index contributed by atoms with van der Waals surface area (Å²) in [5, 5.41) is 8.75. The summed E-state index contributed by atoms with van der Waals surface area (Å²) in [5.74, 6) is 0. The van der Waals surface area contributed by atoms with Gasteiger partial charge in [-0.2, -0.15) is 0 Å². The van der Waals surface area contributed by atoms with Crippen LogP contribution in [0.15, 0.2) is 24.3 Å². The second-order valence-electron chi connectivity index (χ2n) is 2.84. The summed E-state index contributed by atoms with van der Waals surface area (Å²) >= 11 is 0. The molecule has 0 spiro atoms. The van der Waals surface area contributed by atoms with Crippen molar-refractivity contribution in [2.75, 3.05) is 0 Å². The van der Waals surface area contributed by atoms with E-state index < -0.39 is 13.3 Å².